The van der Waals surface area contributed by atoms with Crippen LogP contribution in [0.25, 0.3) is 0 Å². The van der Waals surface area contributed by atoms with Crippen LogP contribution in [0.2, 0.25) is 0 Å². The van der Waals surface area contributed by atoms with E-state index in [-0.39, 0.29) is 6.54 Å². The number of hydrogen-bond donors (Lipinski definition) is 1. The van der Waals surface area contributed by atoms with E-state index in [1.165, 1.54) is 12.8 Å². The molecule has 1 fully saturated rings. The van der Waals surface area contributed by atoms with Crippen LogP contribution < -0.4 is 0 Å². The Bertz CT molecular complexity index is 203. The largest absolute Gasteiger partial charge is 0.480 e. The number of carboxylic acid groups (broad SMARTS) is 1. The van der Waals surface area contributed by atoms with E-state index in [0.717, 1.165) is 6.54 Å². The molecule has 1 N–H and O–H groups in total. The minimum Gasteiger partial charge on any atom is -0.480 e. The zero-order valence-corrected chi connectivity index (χ0v) is 6.99. The van der Waals surface area contributed by atoms with Crippen LogP contribution in [0.5, 0.6) is 0 Å². The molecular weight excluding hydrogens is 154 g/mol. The molecule has 1 aliphatic rings. The van der Waals surface area contributed by atoms with Gasteiger partial charge in [-0.25, -0.2) is 0 Å². The molecular formula is C9H13NO2. The third-order valence-electron chi connectivity index (χ3n) is 1.89. The first kappa shape index (κ1) is 9.08. The van der Waals surface area contributed by atoms with E-state index in [1.807, 2.05) is 0 Å². The van der Waals surface area contributed by atoms with Gasteiger partial charge in [0.05, 0.1) is 13.1 Å². The summed E-state index contributed by atoms with van der Waals surface area (Å²) in [5.41, 5.74) is 0. The number of carbonyl (C=O) groups is 1. The lowest BCUT2D eigenvalue weighted by molar-refractivity contribution is -0.138. The molecule has 0 saturated heterocycles. The van der Waals surface area contributed by atoms with Gasteiger partial charge in [-0.3, -0.25) is 9.69 Å². The summed E-state index contributed by atoms with van der Waals surface area (Å²) in [4.78, 5) is 12.2. The lowest BCUT2D eigenvalue weighted by atomic mass is 10.3. The van der Waals surface area contributed by atoms with Crippen molar-refractivity contribution in [2.75, 3.05) is 19.6 Å². The van der Waals surface area contributed by atoms with Gasteiger partial charge in [-0.05, 0) is 18.8 Å². The second-order valence-electron chi connectivity index (χ2n) is 3.21. The Morgan fingerprint density at radius 1 is 1.67 bits per heavy atom. The minimum atomic E-state index is -0.800. The predicted molar refractivity (Wildman–Crippen MR) is 45.6 cm³/mol. The van der Waals surface area contributed by atoms with E-state index in [4.69, 9.17) is 11.5 Å². The lowest BCUT2D eigenvalue weighted by Crippen LogP contribution is -2.31. The summed E-state index contributed by atoms with van der Waals surface area (Å²) in [7, 11) is 0. The molecule has 0 bridgehead atoms. The quantitative estimate of drug-likeness (QED) is 0.603. The number of rotatable bonds is 5. The predicted octanol–water partition coefficient (Wildman–Crippen LogP) is 0.416. The Morgan fingerprint density at radius 2 is 2.33 bits per heavy atom. The fraction of sp³-hybridized carbons (Fsp3) is 0.667. The van der Waals surface area contributed by atoms with Gasteiger partial charge >= 0.3 is 5.97 Å². The second-order valence-corrected chi connectivity index (χ2v) is 3.21. The summed E-state index contributed by atoms with van der Waals surface area (Å²) in [6, 6.07) is 0. The molecule has 0 spiro atoms. The SMILES string of the molecule is C#CCN(CC(=O)O)CC1CC1. The van der Waals surface area contributed by atoms with E-state index in [2.05, 4.69) is 5.92 Å². The summed E-state index contributed by atoms with van der Waals surface area (Å²) >= 11 is 0. The maximum Gasteiger partial charge on any atom is 0.317 e. The molecule has 66 valence electrons. The highest BCUT2D eigenvalue weighted by Gasteiger charge is 2.24. The Labute approximate surface area is 72.4 Å². The van der Waals surface area contributed by atoms with Crippen LogP contribution in [-0.2, 0) is 4.79 Å². The van der Waals surface area contributed by atoms with E-state index >= 15 is 0 Å². The van der Waals surface area contributed by atoms with Crippen LogP contribution in [0.3, 0.4) is 0 Å². The second kappa shape index (κ2) is 4.13. The number of terminal acetylenes is 1. The number of nitrogens with zero attached hydrogens (tertiary/aromatic N) is 1. The van der Waals surface area contributed by atoms with Gasteiger partial charge in [0, 0.05) is 6.54 Å². The maximum atomic E-state index is 10.4. The zero-order valence-electron chi connectivity index (χ0n) is 6.99. The molecule has 0 heterocycles. The van der Waals surface area contributed by atoms with Crippen molar-refractivity contribution in [3.63, 3.8) is 0 Å². The maximum absolute atomic E-state index is 10.4. The highest BCUT2D eigenvalue weighted by atomic mass is 16.4. The molecule has 3 nitrogen and oxygen atoms in total. The molecule has 1 saturated carbocycles. The number of hydrogen-bond acceptors (Lipinski definition) is 2. The van der Waals surface area contributed by atoms with Crippen LogP contribution in [0.4, 0.5) is 0 Å². The third-order valence-corrected chi connectivity index (χ3v) is 1.89. The topological polar surface area (TPSA) is 40.5 Å². The van der Waals surface area contributed by atoms with E-state index in [0.29, 0.717) is 12.5 Å². The highest BCUT2D eigenvalue weighted by molar-refractivity contribution is 5.69. The fourth-order valence-corrected chi connectivity index (χ4v) is 1.17. The van der Waals surface area contributed by atoms with Crippen LogP contribution in [0.15, 0.2) is 0 Å². The first-order chi connectivity index (χ1) is 5.72. The Hall–Kier alpha value is -1.01. The molecule has 0 atom stereocenters. The molecule has 0 aromatic rings. The van der Waals surface area contributed by atoms with Crippen molar-refractivity contribution in [3.05, 3.63) is 0 Å². The fourth-order valence-electron chi connectivity index (χ4n) is 1.17. The molecule has 3 heteroatoms. The Kier molecular flexibility index (Phi) is 3.12. The van der Waals surface area contributed by atoms with Crippen molar-refractivity contribution >= 4 is 5.97 Å². The standard InChI is InChI=1S/C9H13NO2/c1-2-5-10(7-9(11)12)6-8-3-4-8/h1,8H,3-7H2,(H,11,12). The summed E-state index contributed by atoms with van der Waals surface area (Å²) < 4.78 is 0. The molecule has 0 aromatic heterocycles. The van der Waals surface area contributed by atoms with Crippen molar-refractivity contribution < 1.29 is 9.90 Å². The molecule has 0 amide bonds. The van der Waals surface area contributed by atoms with Crippen LogP contribution in [0, 0.1) is 18.3 Å². The van der Waals surface area contributed by atoms with Crippen molar-refractivity contribution in [2.24, 2.45) is 5.92 Å². The average molecular weight is 167 g/mol. The van der Waals surface area contributed by atoms with Gasteiger partial charge in [-0.1, -0.05) is 5.92 Å². The normalized spacial score (nSPS) is 16.0. The van der Waals surface area contributed by atoms with E-state index in [1.54, 1.807) is 4.90 Å². The van der Waals surface area contributed by atoms with Crippen molar-refractivity contribution in [3.8, 4) is 12.3 Å². The van der Waals surface area contributed by atoms with Gasteiger partial charge < -0.3 is 5.11 Å². The summed E-state index contributed by atoms with van der Waals surface area (Å²) in [5, 5.41) is 8.53. The lowest BCUT2D eigenvalue weighted by Gasteiger charge is -2.16. The number of aliphatic carboxylic acids is 1. The minimum absolute atomic E-state index is 0.0701. The number of carboxylic acids is 1. The van der Waals surface area contributed by atoms with Crippen molar-refractivity contribution in [1.82, 2.24) is 4.90 Å². The molecule has 0 aromatic carbocycles. The van der Waals surface area contributed by atoms with Crippen LogP contribution in [0.1, 0.15) is 12.8 Å². The van der Waals surface area contributed by atoms with Crippen LogP contribution >= 0.6 is 0 Å². The molecule has 0 radical (unpaired) electrons. The van der Waals surface area contributed by atoms with Gasteiger partial charge in [0.1, 0.15) is 0 Å². The highest BCUT2D eigenvalue weighted by Crippen LogP contribution is 2.29. The average Bonchev–Trinajstić information content (AvgIpc) is 2.70. The summed E-state index contributed by atoms with van der Waals surface area (Å²) in [6.07, 6.45) is 7.56. The van der Waals surface area contributed by atoms with Gasteiger partial charge in [0.25, 0.3) is 0 Å². The van der Waals surface area contributed by atoms with Crippen molar-refractivity contribution in [2.45, 2.75) is 12.8 Å². The first-order valence-corrected chi connectivity index (χ1v) is 4.10. The molecule has 1 rings (SSSR count). The Morgan fingerprint density at radius 3 is 2.75 bits per heavy atom. The third kappa shape index (κ3) is 3.40. The van der Waals surface area contributed by atoms with Gasteiger partial charge in [0.15, 0.2) is 0 Å². The first-order valence-electron chi connectivity index (χ1n) is 4.10. The van der Waals surface area contributed by atoms with Crippen LogP contribution in [-0.4, -0.2) is 35.6 Å². The zero-order chi connectivity index (χ0) is 8.97. The van der Waals surface area contributed by atoms with Gasteiger partial charge in [-0.2, -0.15) is 0 Å². The molecule has 12 heavy (non-hydrogen) atoms. The van der Waals surface area contributed by atoms with Gasteiger partial charge in [-0.15, -0.1) is 6.42 Å². The molecule has 0 unspecified atom stereocenters. The smallest absolute Gasteiger partial charge is 0.317 e. The molecule has 0 aliphatic heterocycles. The van der Waals surface area contributed by atoms with Gasteiger partial charge in [0.2, 0.25) is 0 Å². The van der Waals surface area contributed by atoms with Crippen molar-refractivity contribution in [1.29, 1.82) is 0 Å². The Balaban J connectivity index is 2.26. The summed E-state index contributed by atoms with van der Waals surface area (Å²) in [6.45, 7) is 1.36. The van der Waals surface area contributed by atoms with E-state index < -0.39 is 5.97 Å². The summed E-state index contributed by atoms with van der Waals surface area (Å²) in [5.74, 6) is 2.36. The monoisotopic (exact) mass is 167 g/mol. The molecule has 1 aliphatic carbocycles. The van der Waals surface area contributed by atoms with E-state index in [9.17, 15) is 4.79 Å².